The number of sulfonamides is 1. The Morgan fingerprint density at radius 1 is 1.28 bits per heavy atom. The number of nitrogens with zero attached hydrogens (tertiary/aromatic N) is 2. The Morgan fingerprint density at radius 3 is 2.28 bits per heavy atom. The lowest BCUT2D eigenvalue weighted by Crippen LogP contribution is -2.25. The molecule has 0 spiro atoms. The predicted octanol–water partition coefficient (Wildman–Crippen LogP) is 1.16. The van der Waals surface area contributed by atoms with Gasteiger partial charge in [0.1, 0.15) is 0 Å². The Balaban J connectivity index is 3.39. The van der Waals surface area contributed by atoms with E-state index in [4.69, 9.17) is 5.21 Å². The molecule has 0 saturated heterocycles. The van der Waals surface area contributed by atoms with Crippen LogP contribution in [0, 0.1) is 0 Å². The molecule has 1 aromatic rings. The zero-order valence-electron chi connectivity index (χ0n) is 10.1. The molecular weight excluding hydrogens is 324 g/mol. The summed E-state index contributed by atoms with van der Waals surface area (Å²) in [7, 11) is 0.117. The molecule has 0 unspecified atom stereocenters. The van der Waals surface area contributed by atoms with E-state index in [-0.39, 0.29) is 25.3 Å². The monoisotopic (exact) mass is 336 g/mol. The number of hydrogen-bond acceptors (Lipinski definition) is 4. The van der Waals surface area contributed by atoms with Crippen LogP contribution in [0.3, 0.4) is 0 Å². The van der Waals surface area contributed by atoms with Crippen LogP contribution in [0.2, 0.25) is 0 Å². The van der Waals surface area contributed by atoms with E-state index in [2.05, 4.69) is 15.9 Å². The van der Waals surface area contributed by atoms with Crippen molar-refractivity contribution >= 4 is 31.9 Å². The first-order valence-electron chi connectivity index (χ1n) is 4.87. The number of halogens is 1. The largest absolute Gasteiger partial charge is 0.345 e. The van der Waals surface area contributed by atoms with Gasteiger partial charge in [0.15, 0.2) is 0 Å². The van der Waals surface area contributed by atoms with Gasteiger partial charge in [-0.25, -0.2) is 8.42 Å². The van der Waals surface area contributed by atoms with E-state index in [1.54, 1.807) is 14.1 Å². The van der Waals surface area contributed by atoms with Crippen molar-refractivity contribution in [1.29, 1.82) is 0 Å². The van der Waals surface area contributed by atoms with Crippen molar-refractivity contribution in [1.82, 2.24) is 9.37 Å². The molecule has 0 saturated carbocycles. The Kier molecular flexibility index (Phi) is 4.49. The molecule has 18 heavy (non-hydrogen) atoms. The summed E-state index contributed by atoms with van der Waals surface area (Å²) in [6.45, 7) is 0. The van der Waals surface area contributed by atoms with Crippen molar-refractivity contribution < 1.29 is 18.4 Å². The van der Waals surface area contributed by atoms with Gasteiger partial charge in [0.25, 0.3) is 15.9 Å². The minimum Gasteiger partial charge on any atom is -0.345 e. The molecule has 0 aromatic heterocycles. The number of amides is 1. The number of rotatable bonds is 3. The molecule has 1 amide bonds. The Bertz CT molecular complexity index is 569. The van der Waals surface area contributed by atoms with Crippen molar-refractivity contribution in [2.75, 3.05) is 21.1 Å². The van der Waals surface area contributed by atoms with Gasteiger partial charge in [0.05, 0.1) is 4.90 Å². The topological polar surface area (TPSA) is 77.9 Å². The van der Waals surface area contributed by atoms with Gasteiger partial charge >= 0.3 is 0 Å². The van der Waals surface area contributed by atoms with E-state index < -0.39 is 10.0 Å². The summed E-state index contributed by atoms with van der Waals surface area (Å²) in [4.78, 5) is 12.9. The van der Waals surface area contributed by atoms with Gasteiger partial charge in [0, 0.05) is 31.2 Å². The summed E-state index contributed by atoms with van der Waals surface area (Å²) in [6, 6.07) is 4.17. The van der Waals surface area contributed by atoms with Crippen LogP contribution in [-0.2, 0) is 10.0 Å². The van der Waals surface area contributed by atoms with E-state index in [1.165, 1.54) is 23.1 Å². The van der Waals surface area contributed by atoms with Crippen molar-refractivity contribution in [3.05, 3.63) is 28.2 Å². The van der Waals surface area contributed by atoms with Crippen molar-refractivity contribution in [3.8, 4) is 0 Å². The SMILES string of the molecule is CN(C)C(=O)c1ccc(Br)c(S(=O)(=O)N(C)O)c1. The van der Waals surface area contributed by atoms with Gasteiger partial charge in [-0.05, 0) is 34.1 Å². The van der Waals surface area contributed by atoms with Gasteiger partial charge in [-0.2, -0.15) is 0 Å². The van der Waals surface area contributed by atoms with Crippen LogP contribution in [0.1, 0.15) is 10.4 Å². The van der Waals surface area contributed by atoms with E-state index in [9.17, 15) is 13.2 Å². The van der Waals surface area contributed by atoms with Gasteiger partial charge in [0.2, 0.25) is 0 Å². The molecule has 1 N–H and O–H groups in total. The maximum atomic E-state index is 11.8. The molecule has 100 valence electrons. The summed E-state index contributed by atoms with van der Waals surface area (Å²) in [6.07, 6.45) is 0. The van der Waals surface area contributed by atoms with Crippen molar-refractivity contribution in [2.24, 2.45) is 0 Å². The first-order chi connectivity index (χ1) is 8.17. The maximum absolute atomic E-state index is 11.8. The molecule has 0 heterocycles. The zero-order valence-corrected chi connectivity index (χ0v) is 12.5. The average molecular weight is 337 g/mol. The molecule has 1 aromatic carbocycles. The summed E-state index contributed by atoms with van der Waals surface area (Å²) in [5.41, 5.74) is 0.226. The molecule has 0 aliphatic carbocycles. The highest BCUT2D eigenvalue weighted by atomic mass is 79.9. The standard InChI is InChI=1S/C10H13BrN2O4S/c1-12(2)10(14)7-4-5-8(11)9(6-7)18(16,17)13(3)15/h4-6,15H,1-3H3. The van der Waals surface area contributed by atoms with Crippen molar-refractivity contribution in [2.45, 2.75) is 4.90 Å². The number of hydroxylamine groups is 1. The summed E-state index contributed by atoms with van der Waals surface area (Å²) >= 11 is 3.08. The van der Waals surface area contributed by atoms with Crippen LogP contribution in [0.4, 0.5) is 0 Å². The molecule has 6 nitrogen and oxygen atoms in total. The van der Waals surface area contributed by atoms with Crippen LogP contribution in [-0.4, -0.2) is 50.0 Å². The van der Waals surface area contributed by atoms with E-state index >= 15 is 0 Å². The highest BCUT2D eigenvalue weighted by molar-refractivity contribution is 9.10. The summed E-state index contributed by atoms with van der Waals surface area (Å²) in [5, 5.41) is 9.13. The Morgan fingerprint density at radius 2 is 1.83 bits per heavy atom. The van der Waals surface area contributed by atoms with Crippen LogP contribution in [0.15, 0.2) is 27.6 Å². The second-order valence-corrected chi connectivity index (χ2v) is 6.56. The number of benzene rings is 1. The third-order valence-electron chi connectivity index (χ3n) is 2.21. The third kappa shape index (κ3) is 2.89. The normalized spacial score (nSPS) is 11.7. The first kappa shape index (κ1) is 15.1. The minimum atomic E-state index is -4.02. The molecule has 0 aliphatic rings. The van der Waals surface area contributed by atoms with E-state index in [1.807, 2.05) is 0 Å². The Hall–Kier alpha value is -0.960. The van der Waals surface area contributed by atoms with Crippen LogP contribution in [0.25, 0.3) is 0 Å². The zero-order chi connectivity index (χ0) is 14.1. The van der Waals surface area contributed by atoms with Gasteiger partial charge in [-0.1, -0.05) is 4.47 Å². The molecule has 0 radical (unpaired) electrons. The maximum Gasteiger partial charge on any atom is 0.265 e. The molecule has 8 heteroatoms. The number of carbonyl (C=O) groups excluding carboxylic acids is 1. The van der Waals surface area contributed by atoms with E-state index in [0.717, 1.165) is 7.05 Å². The summed E-state index contributed by atoms with van der Waals surface area (Å²) in [5.74, 6) is -0.320. The first-order valence-corrected chi connectivity index (χ1v) is 7.10. The average Bonchev–Trinajstić information content (AvgIpc) is 2.28. The number of hydrogen-bond donors (Lipinski definition) is 1. The fraction of sp³-hybridized carbons (Fsp3) is 0.300. The molecular formula is C10H13BrN2O4S. The molecule has 0 atom stereocenters. The van der Waals surface area contributed by atoms with Gasteiger partial charge < -0.3 is 4.90 Å². The highest BCUT2D eigenvalue weighted by Crippen LogP contribution is 2.25. The lowest BCUT2D eigenvalue weighted by molar-refractivity contribution is 0.0309. The molecule has 0 fully saturated rings. The van der Waals surface area contributed by atoms with Crippen LogP contribution in [0.5, 0.6) is 0 Å². The van der Waals surface area contributed by atoms with Gasteiger partial charge in [-0.15, -0.1) is 0 Å². The lowest BCUT2D eigenvalue weighted by atomic mass is 10.2. The predicted molar refractivity (Wildman–Crippen MR) is 68.9 cm³/mol. The fourth-order valence-electron chi connectivity index (χ4n) is 1.23. The van der Waals surface area contributed by atoms with Gasteiger partial charge in [-0.3, -0.25) is 10.0 Å². The smallest absolute Gasteiger partial charge is 0.265 e. The van der Waals surface area contributed by atoms with Crippen LogP contribution < -0.4 is 0 Å². The Labute approximate surface area is 114 Å². The van der Waals surface area contributed by atoms with Crippen LogP contribution >= 0.6 is 15.9 Å². The van der Waals surface area contributed by atoms with Crippen molar-refractivity contribution in [3.63, 3.8) is 0 Å². The third-order valence-corrected chi connectivity index (χ3v) is 4.75. The quantitative estimate of drug-likeness (QED) is 0.840. The summed E-state index contributed by atoms with van der Waals surface area (Å²) < 4.78 is 24.0. The van der Waals surface area contributed by atoms with E-state index in [0.29, 0.717) is 0 Å². The molecule has 0 aliphatic heterocycles. The number of carbonyl (C=O) groups is 1. The molecule has 1 rings (SSSR count). The lowest BCUT2D eigenvalue weighted by Gasteiger charge is -2.14. The highest BCUT2D eigenvalue weighted by Gasteiger charge is 2.23. The second-order valence-electron chi connectivity index (χ2n) is 3.78. The molecule has 0 bridgehead atoms. The fourth-order valence-corrected chi connectivity index (χ4v) is 2.97. The minimum absolute atomic E-state index is 0.108. The second kappa shape index (κ2) is 5.35.